The van der Waals surface area contributed by atoms with Crippen LogP contribution < -0.4 is 5.73 Å². The van der Waals surface area contributed by atoms with Gasteiger partial charge in [-0.2, -0.15) is 0 Å². The van der Waals surface area contributed by atoms with E-state index in [9.17, 15) is 9.59 Å². The van der Waals surface area contributed by atoms with E-state index in [1.807, 2.05) is 6.07 Å². The number of carbonyl (C=O) groups is 2. The van der Waals surface area contributed by atoms with Crippen molar-refractivity contribution in [2.45, 2.75) is 6.92 Å². The van der Waals surface area contributed by atoms with Gasteiger partial charge >= 0.3 is 5.97 Å². The van der Waals surface area contributed by atoms with Crippen LogP contribution in [0.25, 0.3) is 5.57 Å². The maximum Gasteiger partial charge on any atom is 0.338 e. The zero-order valence-electron chi connectivity index (χ0n) is 9.19. The lowest BCUT2D eigenvalue weighted by atomic mass is 10.0. The van der Waals surface area contributed by atoms with Crippen LogP contribution in [-0.4, -0.2) is 19.0 Å². The van der Waals surface area contributed by atoms with E-state index >= 15 is 0 Å². The first-order valence-corrected chi connectivity index (χ1v) is 4.72. The van der Waals surface area contributed by atoms with Crippen molar-refractivity contribution in [2.75, 3.05) is 7.11 Å². The first-order chi connectivity index (χ1) is 7.57. The number of nitrogens with two attached hydrogens (primary N) is 1. The maximum atomic E-state index is 11.6. The summed E-state index contributed by atoms with van der Waals surface area (Å²) in [5.41, 5.74) is 6.18. The van der Waals surface area contributed by atoms with Crippen molar-refractivity contribution in [3.05, 3.63) is 41.5 Å². The Balaban J connectivity index is 3.33. The maximum absolute atomic E-state index is 11.6. The Morgan fingerprint density at radius 3 is 2.19 bits per heavy atom. The van der Waals surface area contributed by atoms with Crippen LogP contribution in [0.2, 0.25) is 0 Å². The number of primary amides is 1. The summed E-state index contributed by atoms with van der Waals surface area (Å²) in [6.45, 7) is 1.50. The number of hydrogen-bond donors (Lipinski definition) is 1. The number of ether oxygens (including phenoxy) is 1. The summed E-state index contributed by atoms with van der Waals surface area (Å²) < 4.78 is 4.63. The molecule has 0 aliphatic rings. The largest absolute Gasteiger partial charge is 0.465 e. The molecule has 0 saturated heterocycles. The first kappa shape index (κ1) is 12.0. The highest BCUT2D eigenvalue weighted by Gasteiger charge is 2.18. The van der Waals surface area contributed by atoms with E-state index in [1.54, 1.807) is 24.3 Å². The van der Waals surface area contributed by atoms with Gasteiger partial charge in [0.25, 0.3) is 0 Å². The lowest BCUT2D eigenvalue weighted by Crippen LogP contribution is -2.17. The molecule has 0 aliphatic heterocycles. The van der Waals surface area contributed by atoms with E-state index < -0.39 is 11.9 Å². The fourth-order valence-corrected chi connectivity index (χ4v) is 1.32. The van der Waals surface area contributed by atoms with Crippen LogP contribution in [0.1, 0.15) is 12.5 Å². The van der Waals surface area contributed by atoms with Gasteiger partial charge in [-0.05, 0) is 12.5 Å². The third-order valence-electron chi connectivity index (χ3n) is 2.20. The first-order valence-electron chi connectivity index (χ1n) is 4.72. The second-order valence-electron chi connectivity index (χ2n) is 3.22. The van der Waals surface area contributed by atoms with Crippen molar-refractivity contribution in [3.8, 4) is 0 Å². The average Bonchev–Trinajstić information content (AvgIpc) is 2.30. The normalized spacial score (nSPS) is 11.6. The molecule has 1 rings (SSSR count). The summed E-state index contributed by atoms with van der Waals surface area (Å²) in [7, 11) is 1.26. The smallest absolute Gasteiger partial charge is 0.338 e. The number of carbonyl (C=O) groups excluding carboxylic acids is 2. The molecular weight excluding hydrogens is 206 g/mol. The Morgan fingerprint density at radius 2 is 1.75 bits per heavy atom. The average molecular weight is 219 g/mol. The van der Waals surface area contributed by atoms with Crippen LogP contribution in [0.5, 0.6) is 0 Å². The molecule has 1 amide bonds. The van der Waals surface area contributed by atoms with Crippen LogP contribution in [0, 0.1) is 0 Å². The van der Waals surface area contributed by atoms with E-state index in [2.05, 4.69) is 4.74 Å². The molecule has 0 fully saturated rings. The minimum Gasteiger partial charge on any atom is -0.465 e. The fraction of sp³-hybridized carbons (Fsp3) is 0.167. The van der Waals surface area contributed by atoms with Crippen molar-refractivity contribution in [2.24, 2.45) is 5.73 Å². The summed E-state index contributed by atoms with van der Waals surface area (Å²) in [6, 6.07) is 8.80. The van der Waals surface area contributed by atoms with Crippen molar-refractivity contribution in [1.82, 2.24) is 0 Å². The quantitative estimate of drug-likeness (QED) is 0.611. The van der Waals surface area contributed by atoms with E-state index in [1.165, 1.54) is 14.0 Å². The van der Waals surface area contributed by atoms with Gasteiger partial charge in [0.05, 0.1) is 12.7 Å². The second kappa shape index (κ2) is 5.11. The summed E-state index contributed by atoms with van der Waals surface area (Å²) in [4.78, 5) is 22.7. The molecule has 0 unspecified atom stereocenters. The molecule has 0 aromatic heterocycles. The van der Waals surface area contributed by atoms with Gasteiger partial charge in [0.1, 0.15) is 0 Å². The van der Waals surface area contributed by atoms with Crippen LogP contribution >= 0.6 is 0 Å². The lowest BCUT2D eigenvalue weighted by molar-refractivity contribution is -0.134. The highest BCUT2D eigenvalue weighted by molar-refractivity contribution is 6.23. The summed E-state index contributed by atoms with van der Waals surface area (Å²) in [5, 5.41) is 0. The Labute approximate surface area is 93.7 Å². The predicted molar refractivity (Wildman–Crippen MR) is 60.2 cm³/mol. The molecule has 16 heavy (non-hydrogen) atoms. The van der Waals surface area contributed by atoms with Crippen LogP contribution in [-0.2, 0) is 14.3 Å². The Morgan fingerprint density at radius 1 is 1.19 bits per heavy atom. The highest BCUT2D eigenvalue weighted by Crippen LogP contribution is 2.19. The van der Waals surface area contributed by atoms with Gasteiger partial charge in [0.15, 0.2) is 0 Å². The van der Waals surface area contributed by atoms with Crippen molar-refractivity contribution >= 4 is 17.4 Å². The van der Waals surface area contributed by atoms with Gasteiger partial charge in [-0.3, -0.25) is 4.79 Å². The molecule has 0 saturated carbocycles. The molecule has 0 heterocycles. The molecule has 4 nitrogen and oxygen atoms in total. The number of methoxy groups -OCH3 is 1. The predicted octanol–water partition coefficient (Wildman–Crippen LogP) is 1.12. The third kappa shape index (κ3) is 2.48. The number of benzene rings is 1. The molecule has 0 bridgehead atoms. The molecule has 0 radical (unpaired) electrons. The van der Waals surface area contributed by atoms with E-state index in [0.29, 0.717) is 5.56 Å². The number of hydrogen-bond acceptors (Lipinski definition) is 3. The SMILES string of the molecule is COC(=O)C(=C(C)C(N)=O)c1ccccc1. The van der Waals surface area contributed by atoms with Crippen LogP contribution in [0.3, 0.4) is 0 Å². The van der Waals surface area contributed by atoms with Gasteiger partial charge < -0.3 is 10.5 Å². The number of rotatable bonds is 3. The monoisotopic (exact) mass is 219 g/mol. The summed E-state index contributed by atoms with van der Waals surface area (Å²) >= 11 is 0. The Hall–Kier alpha value is -2.10. The van der Waals surface area contributed by atoms with Gasteiger partial charge in [-0.15, -0.1) is 0 Å². The molecule has 0 spiro atoms. The molecule has 2 N–H and O–H groups in total. The highest BCUT2D eigenvalue weighted by atomic mass is 16.5. The standard InChI is InChI=1S/C12H13NO3/c1-8(11(13)14)10(12(15)16-2)9-6-4-3-5-7-9/h3-7H,1-2H3,(H2,13,14). The van der Waals surface area contributed by atoms with E-state index in [-0.39, 0.29) is 11.1 Å². The number of amides is 1. The minimum atomic E-state index is -0.635. The molecule has 0 atom stereocenters. The van der Waals surface area contributed by atoms with Gasteiger partial charge in [-0.1, -0.05) is 30.3 Å². The lowest BCUT2D eigenvalue weighted by Gasteiger charge is -2.08. The van der Waals surface area contributed by atoms with Gasteiger partial charge in [0.2, 0.25) is 5.91 Å². The zero-order valence-corrected chi connectivity index (χ0v) is 9.19. The van der Waals surface area contributed by atoms with Crippen LogP contribution in [0.4, 0.5) is 0 Å². The Kier molecular flexibility index (Phi) is 3.83. The minimum absolute atomic E-state index is 0.193. The van der Waals surface area contributed by atoms with Crippen LogP contribution in [0.15, 0.2) is 35.9 Å². The van der Waals surface area contributed by atoms with Crippen molar-refractivity contribution < 1.29 is 14.3 Å². The fourth-order valence-electron chi connectivity index (χ4n) is 1.32. The molecule has 84 valence electrons. The third-order valence-corrected chi connectivity index (χ3v) is 2.20. The molecule has 1 aromatic carbocycles. The Bertz CT molecular complexity index is 435. The summed E-state index contributed by atoms with van der Waals surface area (Å²) in [5.74, 6) is -1.20. The topological polar surface area (TPSA) is 69.4 Å². The summed E-state index contributed by atoms with van der Waals surface area (Å²) in [6.07, 6.45) is 0. The van der Waals surface area contributed by atoms with Gasteiger partial charge in [0, 0.05) is 5.57 Å². The molecule has 1 aromatic rings. The zero-order chi connectivity index (χ0) is 12.1. The second-order valence-corrected chi connectivity index (χ2v) is 3.22. The number of esters is 1. The molecular formula is C12H13NO3. The van der Waals surface area contributed by atoms with Crippen molar-refractivity contribution in [1.29, 1.82) is 0 Å². The molecule has 4 heteroatoms. The molecule has 0 aliphatic carbocycles. The van der Waals surface area contributed by atoms with E-state index in [4.69, 9.17) is 5.73 Å². The van der Waals surface area contributed by atoms with Gasteiger partial charge in [-0.25, -0.2) is 4.79 Å². The van der Waals surface area contributed by atoms with E-state index in [0.717, 1.165) is 0 Å². The van der Waals surface area contributed by atoms with Crippen molar-refractivity contribution in [3.63, 3.8) is 0 Å².